The van der Waals surface area contributed by atoms with Crippen LogP contribution >= 0.6 is 15.2 Å². The number of benzene rings is 4. The molecule has 0 bridgehead atoms. The van der Waals surface area contributed by atoms with E-state index in [4.69, 9.17) is 18.1 Å². The van der Waals surface area contributed by atoms with Crippen LogP contribution in [0.25, 0.3) is 0 Å². The molecule has 9 heteroatoms. The molecule has 0 amide bonds. The molecule has 6 aromatic carbocycles. The van der Waals surface area contributed by atoms with Crippen LogP contribution in [-0.2, 0) is 26.2 Å². The van der Waals surface area contributed by atoms with Crippen LogP contribution in [0.1, 0.15) is 0 Å². The van der Waals surface area contributed by atoms with E-state index in [1.54, 1.807) is 72.8 Å². The van der Waals surface area contributed by atoms with Gasteiger partial charge in [0.25, 0.3) is 0 Å². The van der Waals surface area contributed by atoms with Crippen LogP contribution in [0, 0.1) is 0 Å². The molecule has 0 unspecified atom stereocenters. The van der Waals surface area contributed by atoms with Crippen molar-refractivity contribution in [2.45, 2.75) is 0 Å². The minimum Gasteiger partial charge on any atom is -0.421 e. The summed E-state index contributed by atoms with van der Waals surface area (Å²) in [6.07, 6.45) is 0. The van der Waals surface area contributed by atoms with Crippen molar-refractivity contribution in [3.8, 4) is 23.0 Å². The molecule has 0 aliphatic carbocycles. The van der Waals surface area contributed by atoms with Crippen molar-refractivity contribution in [1.82, 2.24) is 0 Å². The number of para-hydroxylation sites is 4. The Morgan fingerprint density at radius 3 is 0.767 bits per heavy atom. The molecule has 0 fully saturated rings. The van der Waals surface area contributed by atoms with Crippen LogP contribution in [0.15, 0.2) is 170 Å². The third-order valence-electron chi connectivity index (χ3n) is 5.80. The van der Waals surface area contributed by atoms with Gasteiger partial charge >= 0.3 is 32.3 Å². The molecule has 218 valence electrons. The summed E-state index contributed by atoms with van der Waals surface area (Å²) in [6.45, 7) is 0. The minimum absolute atomic E-state index is 0. The second kappa shape index (κ2) is 15.3. The van der Waals surface area contributed by atoms with E-state index in [2.05, 4.69) is 0 Å². The smallest absolute Gasteiger partial charge is 0.421 e. The minimum atomic E-state index is -3.47. The van der Waals surface area contributed by atoms with Crippen LogP contribution in [0.5, 0.6) is 23.0 Å². The van der Waals surface area contributed by atoms with E-state index in [1.165, 1.54) is 0 Å². The quantitative estimate of drug-likeness (QED) is 0.0839. The Bertz CT molecular complexity index is 1490. The van der Waals surface area contributed by atoms with Gasteiger partial charge in [0.15, 0.2) is 0 Å². The fourth-order valence-corrected chi connectivity index (χ4v) is 6.99. The van der Waals surface area contributed by atoms with E-state index in [-0.39, 0.29) is 17.1 Å². The van der Waals surface area contributed by atoms with Crippen LogP contribution in [0.2, 0.25) is 0 Å². The summed E-state index contributed by atoms with van der Waals surface area (Å²) >= 11 is 0. The molecule has 0 N–H and O–H groups in total. The first-order valence-corrected chi connectivity index (χ1v) is 16.2. The summed E-state index contributed by atoms with van der Waals surface area (Å²) in [5.74, 6) is 2.05. The first-order valence-electron chi connectivity index (χ1n) is 13.2. The summed E-state index contributed by atoms with van der Waals surface area (Å²) < 4.78 is 49.1. The molecular weight excluding hydrogens is 622 g/mol. The third-order valence-corrected chi connectivity index (χ3v) is 9.46. The zero-order valence-corrected chi connectivity index (χ0v) is 25.8. The second-order valence-corrected chi connectivity index (χ2v) is 12.7. The van der Waals surface area contributed by atoms with Crippen molar-refractivity contribution in [2.24, 2.45) is 0 Å². The number of rotatable bonds is 10. The van der Waals surface area contributed by atoms with Crippen molar-refractivity contribution in [3.05, 3.63) is 170 Å². The van der Waals surface area contributed by atoms with Gasteiger partial charge in [-0.25, -0.2) is 33.4 Å². The summed E-state index contributed by atoms with van der Waals surface area (Å²) in [5, 5.41) is 1.07. The van der Waals surface area contributed by atoms with Gasteiger partial charge in [0.2, 0.25) is 0 Å². The molecule has 0 aliphatic heterocycles. The monoisotopic (exact) mass is 650 g/mol. The van der Waals surface area contributed by atoms with Gasteiger partial charge in [-0.3, -0.25) is 0 Å². The topological polar surface area (TPSA) is 71.1 Å². The molecule has 43 heavy (non-hydrogen) atoms. The van der Waals surface area contributed by atoms with Gasteiger partial charge in [-0.05, 0) is 59.1 Å². The summed E-state index contributed by atoms with van der Waals surface area (Å²) in [7, 11) is -6.94. The van der Waals surface area contributed by atoms with Gasteiger partial charge in [-0.2, -0.15) is 24.3 Å². The van der Waals surface area contributed by atoms with E-state index in [1.807, 2.05) is 97.1 Å². The summed E-state index contributed by atoms with van der Waals surface area (Å²) in [4.78, 5) is 0. The first-order chi connectivity index (χ1) is 20.5. The van der Waals surface area contributed by atoms with Gasteiger partial charge in [-0.1, -0.05) is 72.8 Å². The van der Waals surface area contributed by atoms with E-state index >= 15 is 0 Å². The van der Waals surface area contributed by atoms with Crippen molar-refractivity contribution < 1.29 is 44.3 Å². The molecule has 0 spiro atoms. The van der Waals surface area contributed by atoms with Gasteiger partial charge in [-0.15, -0.1) is 0 Å². The van der Waals surface area contributed by atoms with Gasteiger partial charge in [0, 0.05) is 0 Å². The van der Waals surface area contributed by atoms with Gasteiger partial charge in [0.05, 0.1) is 0 Å². The molecule has 0 aliphatic rings. The van der Waals surface area contributed by atoms with Crippen molar-refractivity contribution in [1.29, 1.82) is 0 Å². The predicted molar refractivity (Wildman–Crippen MR) is 167 cm³/mol. The van der Waals surface area contributed by atoms with Gasteiger partial charge in [0.1, 0.15) is 23.0 Å². The average Bonchev–Trinajstić information content (AvgIpc) is 3.76. The summed E-state index contributed by atoms with van der Waals surface area (Å²) in [6, 6.07) is 50.3. The van der Waals surface area contributed by atoms with Crippen LogP contribution in [-0.4, -0.2) is 0 Å². The molecule has 0 saturated heterocycles. The first kappa shape index (κ1) is 31.7. The molecule has 6 nitrogen and oxygen atoms in total. The standard InChI is InChI=1S/2C17H14O3P.Fe/c2*18-21(17-13-7-8-14-17,19-15-9-3-1-4-10-15)20-16-11-5-2-6-12-16;/h2*1-14H;/q2*-1;+2. The normalized spacial score (nSPS) is 10.8. The molecule has 6 aromatic rings. The predicted octanol–water partition coefficient (Wildman–Crippen LogP) is 8.76. The van der Waals surface area contributed by atoms with E-state index in [0.29, 0.717) is 33.6 Å². The number of hydrogen-bond acceptors (Lipinski definition) is 6. The van der Waals surface area contributed by atoms with E-state index in [9.17, 15) is 9.13 Å². The Kier molecular flexibility index (Phi) is 11.3. The largest absolute Gasteiger partial charge is 2.00 e. The molecule has 6 rings (SSSR count). The molecule has 0 aromatic heterocycles. The maximum absolute atomic E-state index is 13.2. The fraction of sp³-hybridized carbons (Fsp3) is 0. The average molecular weight is 650 g/mol. The fourth-order valence-electron chi connectivity index (χ4n) is 3.82. The van der Waals surface area contributed by atoms with Crippen LogP contribution in [0.3, 0.4) is 0 Å². The maximum Gasteiger partial charge on any atom is 2.00 e. The number of hydrogen-bond donors (Lipinski definition) is 0. The van der Waals surface area contributed by atoms with Gasteiger partial charge < -0.3 is 18.1 Å². The Morgan fingerprint density at radius 2 is 0.558 bits per heavy atom. The Morgan fingerprint density at radius 1 is 0.349 bits per heavy atom. The van der Waals surface area contributed by atoms with Crippen molar-refractivity contribution in [2.75, 3.05) is 0 Å². The molecule has 0 atom stereocenters. The zero-order chi connectivity index (χ0) is 29.1. The molecule has 0 radical (unpaired) electrons. The molecule has 0 saturated carbocycles. The molecular formula is C34H28FeO6P2. The van der Waals surface area contributed by atoms with Crippen LogP contribution < -0.4 is 28.7 Å². The Labute approximate surface area is 262 Å². The summed E-state index contributed by atoms with van der Waals surface area (Å²) in [5.41, 5.74) is 0. The zero-order valence-electron chi connectivity index (χ0n) is 22.9. The SMILES string of the molecule is O=P(Oc1ccccc1)(Oc1ccccc1)[c-]1cccc1.O=P(Oc1ccccc1)(Oc1ccccc1)[c-]1cccc1.[Fe+2]. The Balaban J connectivity index is 0.000000192. The van der Waals surface area contributed by atoms with Crippen molar-refractivity contribution in [3.63, 3.8) is 0 Å². The third kappa shape index (κ3) is 8.88. The molecule has 0 heterocycles. The maximum atomic E-state index is 13.2. The van der Waals surface area contributed by atoms with Crippen molar-refractivity contribution >= 4 is 25.8 Å². The second-order valence-electron chi connectivity index (χ2n) is 8.90. The van der Waals surface area contributed by atoms with Crippen LogP contribution in [0.4, 0.5) is 0 Å². The van der Waals surface area contributed by atoms with E-state index in [0.717, 1.165) is 0 Å². The Hall–Kier alpha value is -4.24. The van der Waals surface area contributed by atoms with E-state index < -0.39 is 15.2 Å².